The number of fused-ring (bicyclic) bond motifs is 1. The fourth-order valence-corrected chi connectivity index (χ4v) is 4.36. The number of carbonyl (C=O) groups is 3. The summed E-state index contributed by atoms with van der Waals surface area (Å²) in [4.78, 5) is 38.2. The lowest BCUT2D eigenvalue weighted by molar-refractivity contribution is -0.140. The number of nitrogens with zero attached hydrogens (tertiary/aromatic N) is 1. The van der Waals surface area contributed by atoms with Gasteiger partial charge in [-0.3, -0.25) is 14.4 Å². The van der Waals surface area contributed by atoms with E-state index in [0.29, 0.717) is 23.7 Å². The average molecular weight is 369 g/mol. The maximum absolute atomic E-state index is 12.5. The van der Waals surface area contributed by atoms with Crippen molar-refractivity contribution in [1.29, 1.82) is 0 Å². The minimum atomic E-state index is -0.907. The number of hydrogen-bond donors (Lipinski definition) is 2. The van der Waals surface area contributed by atoms with Gasteiger partial charge < -0.3 is 15.3 Å². The smallest absolute Gasteiger partial charge is 0.305 e. The summed E-state index contributed by atoms with van der Waals surface area (Å²) in [5.74, 6) is -1.30. The Bertz CT molecular complexity index is 697. The summed E-state index contributed by atoms with van der Waals surface area (Å²) >= 11 is 7.26. The van der Waals surface area contributed by atoms with E-state index in [-0.39, 0.29) is 30.7 Å². The van der Waals surface area contributed by atoms with Crippen LogP contribution in [0.15, 0.2) is 23.1 Å². The summed E-state index contributed by atoms with van der Waals surface area (Å²) in [6.45, 7) is 0.558. The first-order chi connectivity index (χ1) is 11.4. The molecule has 2 amide bonds. The van der Waals surface area contributed by atoms with Crippen molar-refractivity contribution < 1.29 is 19.5 Å². The molecule has 24 heavy (non-hydrogen) atoms. The zero-order valence-corrected chi connectivity index (χ0v) is 14.4. The van der Waals surface area contributed by atoms with Crippen LogP contribution in [0.25, 0.3) is 0 Å². The third kappa shape index (κ3) is 3.67. The Morgan fingerprint density at radius 1 is 1.38 bits per heavy atom. The van der Waals surface area contributed by atoms with Crippen molar-refractivity contribution >= 4 is 46.8 Å². The molecule has 3 rings (SSSR count). The average Bonchev–Trinajstić information content (AvgIpc) is 2.95. The lowest BCUT2D eigenvalue weighted by Gasteiger charge is -2.28. The van der Waals surface area contributed by atoms with Crippen LogP contribution in [0.2, 0.25) is 5.02 Å². The van der Waals surface area contributed by atoms with E-state index in [4.69, 9.17) is 16.7 Å². The highest BCUT2D eigenvalue weighted by Gasteiger charge is 2.35. The first-order valence-electron chi connectivity index (χ1n) is 7.72. The molecule has 0 saturated carbocycles. The van der Waals surface area contributed by atoms with E-state index >= 15 is 0 Å². The number of halogens is 1. The Morgan fingerprint density at radius 2 is 2.17 bits per heavy atom. The van der Waals surface area contributed by atoms with Crippen LogP contribution < -0.4 is 5.32 Å². The van der Waals surface area contributed by atoms with Crippen molar-refractivity contribution in [2.75, 3.05) is 11.9 Å². The van der Waals surface area contributed by atoms with Gasteiger partial charge in [-0.25, -0.2) is 0 Å². The van der Waals surface area contributed by atoms with Gasteiger partial charge in [0.15, 0.2) is 0 Å². The number of hydrogen-bond acceptors (Lipinski definition) is 4. The molecule has 8 heteroatoms. The van der Waals surface area contributed by atoms with Crippen molar-refractivity contribution in [2.45, 2.75) is 41.9 Å². The highest BCUT2D eigenvalue weighted by atomic mass is 35.5. The molecule has 0 aromatic heterocycles. The summed E-state index contributed by atoms with van der Waals surface area (Å²) < 4.78 is 0. The number of anilines is 1. The molecule has 2 atom stereocenters. The molecule has 2 unspecified atom stereocenters. The molecule has 2 N–H and O–H groups in total. The van der Waals surface area contributed by atoms with Crippen molar-refractivity contribution in [1.82, 2.24) is 4.90 Å². The van der Waals surface area contributed by atoms with E-state index < -0.39 is 11.2 Å². The number of nitrogens with one attached hydrogen (secondary N) is 1. The maximum Gasteiger partial charge on any atom is 0.305 e. The van der Waals surface area contributed by atoms with Gasteiger partial charge in [0.05, 0.1) is 17.4 Å². The lowest BCUT2D eigenvalue weighted by atomic mass is 10.1. The molecule has 0 bridgehead atoms. The Hall–Kier alpha value is -1.73. The van der Waals surface area contributed by atoms with Gasteiger partial charge >= 0.3 is 5.97 Å². The van der Waals surface area contributed by atoms with Gasteiger partial charge in [-0.2, -0.15) is 0 Å². The Kier molecular flexibility index (Phi) is 5.01. The second-order valence-electron chi connectivity index (χ2n) is 5.92. The number of amides is 2. The standard InChI is InChI=1S/C16H17ClN2O4S/c17-9-3-4-12-11(6-9)18-16(23)13(24-12)8-14(20)19-5-1-2-10(19)7-15(21)22/h3-4,6,10,13H,1-2,5,7-8H2,(H,18,23)(H,21,22). The van der Waals surface area contributed by atoms with E-state index in [0.717, 1.165) is 11.3 Å². The van der Waals surface area contributed by atoms with Crippen molar-refractivity contribution in [3.8, 4) is 0 Å². The van der Waals surface area contributed by atoms with E-state index in [2.05, 4.69) is 5.32 Å². The third-order valence-corrected chi connectivity index (χ3v) is 5.74. The van der Waals surface area contributed by atoms with Crippen LogP contribution in [0.1, 0.15) is 25.7 Å². The van der Waals surface area contributed by atoms with Gasteiger partial charge in [0.25, 0.3) is 0 Å². The molecule has 0 radical (unpaired) electrons. The number of carboxylic acid groups (broad SMARTS) is 1. The SMILES string of the molecule is O=C(O)CC1CCCN1C(=O)CC1Sc2ccc(Cl)cc2NC1=O. The normalized spacial score (nSPS) is 22.9. The van der Waals surface area contributed by atoms with Crippen molar-refractivity contribution in [3.05, 3.63) is 23.2 Å². The minimum absolute atomic E-state index is 0.0446. The van der Waals surface area contributed by atoms with Crippen LogP contribution in [0.3, 0.4) is 0 Å². The zero-order valence-electron chi connectivity index (χ0n) is 12.8. The Morgan fingerprint density at radius 3 is 2.92 bits per heavy atom. The van der Waals surface area contributed by atoms with Crippen LogP contribution in [-0.2, 0) is 14.4 Å². The van der Waals surface area contributed by atoms with Crippen LogP contribution in [-0.4, -0.2) is 45.6 Å². The monoisotopic (exact) mass is 368 g/mol. The second kappa shape index (κ2) is 7.03. The van der Waals surface area contributed by atoms with Gasteiger partial charge in [-0.15, -0.1) is 11.8 Å². The predicted molar refractivity (Wildman–Crippen MR) is 91.3 cm³/mol. The largest absolute Gasteiger partial charge is 0.481 e. The van der Waals surface area contributed by atoms with Gasteiger partial charge in [0, 0.05) is 28.9 Å². The van der Waals surface area contributed by atoms with Crippen molar-refractivity contribution in [3.63, 3.8) is 0 Å². The fraction of sp³-hybridized carbons (Fsp3) is 0.438. The van der Waals surface area contributed by atoms with Crippen molar-refractivity contribution in [2.24, 2.45) is 0 Å². The molecule has 1 fully saturated rings. The quantitative estimate of drug-likeness (QED) is 0.853. The van der Waals surface area contributed by atoms with Gasteiger partial charge in [0.1, 0.15) is 0 Å². The second-order valence-corrected chi connectivity index (χ2v) is 7.60. The molecule has 1 aromatic rings. The number of rotatable bonds is 4. The summed E-state index contributed by atoms with van der Waals surface area (Å²) in [5.41, 5.74) is 0.658. The fourth-order valence-electron chi connectivity index (χ4n) is 3.11. The summed E-state index contributed by atoms with van der Waals surface area (Å²) in [6.07, 6.45) is 1.52. The molecule has 0 aliphatic carbocycles. The highest BCUT2D eigenvalue weighted by molar-refractivity contribution is 8.01. The molecule has 2 aliphatic rings. The number of benzene rings is 1. The summed E-state index contributed by atoms with van der Waals surface area (Å²) in [7, 11) is 0. The van der Waals surface area contributed by atoms with Crippen LogP contribution >= 0.6 is 23.4 Å². The molecular formula is C16H17ClN2O4S. The van der Waals surface area contributed by atoms with Crippen LogP contribution in [0.5, 0.6) is 0 Å². The minimum Gasteiger partial charge on any atom is -0.481 e. The summed E-state index contributed by atoms with van der Waals surface area (Å²) in [5, 5.41) is 11.8. The number of thioether (sulfide) groups is 1. The number of likely N-dealkylation sites (tertiary alicyclic amines) is 1. The molecule has 128 valence electrons. The summed E-state index contributed by atoms with van der Waals surface area (Å²) in [6, 6.07) is 4.98. The molecule has 2 aliphatic heterocycles. The first kappa shape index (κ1) is 17.1. The third-order valence-electron chi connectivity index (χ3n) is 4.23. The highest BCUT2D eigenvalue weighted by Crippen LogP contribution is 2.38. The molecule has 1 saturated heterocycles. The van der Waals surface area contributed by atoms with E-state index in [1.807, 2.05) is 6.07 Å². The first-order valence-corrected chi connectivity index (χ1v) is 8.98. The molecular weight excluding hydrogens is 352 g/mol. The lowest BCUT2D eigenvalue weighted by Crippen LogP contribution is -2.40. The molecule has 0 spiro atoms. The van der Waals surface area contributed by atoms with E-state index in [9.17, 15) is 14.4 Å². The number of carbonyl (C=O) groups excluding carboxylic acids is 2. The molecule has 2 heterocycles. The predicted octanol–water partition coefficient (Wildman–Crippen LogP) is 2.61. The Balaban J connectivity index is 1.67. The van der Waals surface area contributed by atoms with Crippen LogP contribution in [0.4, 0.5) is 5.69 Å². The molecule has 6 nitrogen and oxygen atoms in total. The number of carboxylic acids is 1. The Labute approximate surface area is 148 Å². The van der Waals surface area contributed by atoms with Gasteiger partial charge in [-0.05, 0) is 31.0 Å². The van der Waals surface area contributed by atoms with Gasteiger partial charge in [0.2, 0.25) is 11.8 Å². The number of aliphatic carboxylic acids is 1. The topological polar surface area (TPSA) is 86.7 Å². The van der Waals surface area contributed by atoms with E-state index in [1.54, 1.807) is 17.0 Å². The zero-order chi connectivity index (χ0) is 17.3. The maximum atomic E-state index is 12.5. The van der Waals surface area contributed by atoms with E-state index in [1.165, 1.54) is 11.8 Å². The van der Waals surface area contributed by atoms with Gasteiger partial charge in [-0.1, -0.05) is 11.6 Å². The van der Waals surface area contributed by atoms with Crippen LogP contribution in [0, 0.1) is 0 Å². The molecule has 1 aromatic carbocycles.